The van der Waals surface area contributed by atoms with Crippen LogP contribution in [0.5, 0.6) is 28.7 Å². The zero-order valence-corrected chi connectivity index (χ0v) is 22.5. The lowest BCUT2D eigenvalue weighted by Gasteiger charge is -2.11. The van der Waals surface area contributed by atoms with Gasteiger partial charge in [0.15, 0.2) is 11.5 Å². The van der Waals surface area contributed by atoms with Gasteiger partial charge >= 0.3 is 0 Å². The van der Waals surface area contributed by atoms with Gasteiger partial charge in [0.2, 0.25) is 4.80 Å². The van der Waals surface area contributed by atoms with Gasteiger partial charge in [0, 0.05) is 10.9 Å². The molecule has 36 heavy (non-hydrogen) atoms. The van der Waals surface area contributed by atoms with E-state index in [0.717, 1.165) is 22.7 Å². The Bertz CT molecular complexity index is 1460. The van der Waals surface area contributed by atoms with E-state index >= 15 is 0 Å². The number of benzene rings is 3. The number of hydrogen-bond donors (Lipinski definition) is 1. The van der Waals surface area contributed by atoms with Crippen molar-refractivity contribution in [3.05, 3.63) is 74.8 Å². The first-order chi connectivity index (χ1) is 17.5. The van der Waals surface area contributed by atoms with Gasteiger partial charge in [-0.3, -0.25) is 0 Å². The summed E-state index contributed by atoms with van der Waals surface area (Å²) in [5.74, 6) is 2.46. The average molecular weight is 570 g/mol. The highest BCUT2D eigenvalue weighted by molar-refractivity contribution is 9.10. The number of methoxy groups -OCH3 is 4. The normalized spacial score (nSPS) is 11.6. The van der Waals surface area contributed by atoms with Crippen LogP contribution in [0.2, 0.25) is 0 Å². The van der Waals surface area contributed by atoms with Gasteiger partial charge in [-0.25, -0.2) is 9.67 Å². The summed E-state index contributed by atoms with van der Waals surface area (Å²) in [6.45, 7) is 0. The Kier molecular flexibility index (Phi) is 7.97. The molecule has 1 heterocycles. The zero-order valence-electron chi connectivity index (χ0n) is 20.1. The molecule has 0 aliphatic heterocycles. The number of thiazole rings is 1. The number of hydrogen-bond acceptors (Lipinski definition) is 8. The quantitative estimate of drug-likeness (QED) is 0.269. The molecule has 0 aliphatic carbocycles. The second-order valence-electron chi connectivity index (χ2n) is 7.39. The van der Waals surface area contributed by atoms with Gasteiger partial charge in [0.1, 0.15) is 17.2 Å². The van der Waals surface area contributed by atoms with E-state index in [1.54, 1.807) is 44.4 Å². The Morgan fingerprint density at radius 2 is 1.56 bits per heavy atom. The Morgan fingerprint density at radius 3 is 2.22 bits per heavy atom. The number of rotatable bonds is 8. The van der Waals surface area contributed by atoms with Gasteiger partial charge in [-0.15, -0.1) is 11.3 Å². The third kappa shape index (κ3) is 5.39. The molecule has 0 aliphatic rings. The summed E-state index contributed by atoms with van der Waals surface area (Å²) in [6, 6.07) is 16.5. The highest BCUT2D eigenvalue weighted by atomic mass is 79.9. The van der Waals surface area contributed by atoms with Crippen LogP contribution in [0.4, 0.5) is 5.69 Å². The first-order valence-electron chi connectivity index (χ1n) is 10.7. The Labute approximate surface area is 220 Å². The van der Waals surface area contributed by atoms with Crippen LogP contribution < -0.4 is 23.7 Å². The van der Waals surface area contributed by atoms with Crippen molar-refractivity contribution < 1.29 is 24.1 Å². The Balaban J connectivity index is 1.89. The minimum Gasteiger partial charge on any atom is -0.503 e. The third-order valence-electron chi connectivity index (χ3n) is 5.26. The molecule has 1 N–H and O–H groups in total. The van der Waals surface area contributed by atoms with E-state index in [2.05, 4.69) is 15.9 Å². The van der Waals surface area contributed by atoms with E-state index in [1.807, 2.05) is 47.8 Å². The third-order valence-corrected chi connectivity index (χ3v) is 6.68. The van der Waals surface area contributed by atoms with Crippen molar-refractivity contribution in [2.75, 3.05) is 28.4 Å². The highest BCUT2D eigenvalue weighted by Gasteiger charge is 2.15. The summed E-state index contributed by atoms with van der Waals surface area (Å²) < 4.78 is 23.8. The summed E-state index contributed by atoms with van der Waals surface area (Å²) in [5, 5.41) is 16.9. The molecular formula is C26H24BrN3O5S. The molecular weight excluding hydrogens is 546 g/mol. The SMILES string of the molecule is COc1ccc(N=c2scc(-c3cc(OC)ccc3OC)n2N=Cc2cc(Br)c(O)c(OC)c2)cc1. The fourth-order valence-corrected chi connectivity index (χ4v) is 4.71. The molecule has 4 rings (SSSR count). The van der Waals surface area contributed by atoms with Crippen LogP contribution >= 0.6 is 27.3 Å². The summed E-state index contributed by atoms with van der Waals surface area (Å²) in [4.78, 5) is 5.44. The van der Waals surface area contributed by atoms with Gasteiger partial charge in [-0.05, 0) is 76.1 Å². The largest absolute Gasteiger partial charge is 0.503 e. The molecule has 3 aromatic carbocycles. The summed E-state index contributed by atoms with van der Waals surface area (Å²) >= 11 is 4.80. The second kappa shape index (κ2) is 11.3. The van der Waals surface area contributed by atoms with Gasteiger partial charge in [-0.2, -0.15) is 5.10 Å². The van der Waals surface area contributed by atoms with Gasteiger partial charge in [-0.1, -0.05) is 0 Å². The summed E-state index contributed by atoms with van der Waals surface area (Å²) in [7, 11) is 6.35. The fraction of sp³-hybridized carbons (Fsp3) is 0.154. The van der Waals surface area contributed by atoms with Crippen molar-refractivity contribution in [1.82, 2.24) is 4.68 Å². The minimum atomic E-state index is 0.0230. The molecule has 0 saturated carbocycles. The molecule has 8 nitrogen and oxygen atoms in total. The van der Waals surface area contributed by atoms with Gasteiger partial charge < -0.3 is 24.1 Å². The number of halogens is 1. The predicted octanol–water partition coefficient (Wildman–Crippen LogP) is 5.83. The van der Waals surface area contributed by atoms with E-state index in [0.29, 0.717) is 32.1 Å². The fourth-order valence-electron chi connectivity index (χ4n) is 3.40. The lowest BCUT2D eigenvalue weighted by atomic mass is 10.1. The van der Waals surface area contributed by atoms with Crippen molar-refractivity contribution in [3.8, 4) is 40.0 Å². The van der Waals surface area contributed by atoms with E-state index in [-0.39, 0.29) is 5.75 Å². The monoisotopic (exact) mass is 569 g/mol. The molecule has 0 bridgehead atoms. The van der Waals surface area contributed by atoms with Crippen LogP contribution in [0.1, 0.15) is 5.56 Å². The average Bonchev–Trinajstić information content (AvgIpc) is 3.31. The van der Waals surface area contributed by atoms with E-state index in [9.17, 15) is 5.11 Å². The molecule has 0 amide bonds. The summed E-state index contributed by atoms with van der Waals surface area (Å²) in [5.41, 5.74) is 3.03. The van der Waals surface area contributed by atoms with Crippen LogP contribution in [0.25, 0.3) is 11.3 Å². The molecule has 0 unspecified atom stereocenters. The minimum absolute atomic E-state index is 0.0230. The van der Waals surface area contributed by atoms with E-state index < -0.39 is 0 Å². The molecule has 10 heteroatoms. The van der Waals surface area contributed by atoms with Crippen LogP contribution in [0, 0.1) is 0 Å². The van der Waals surface area contributed by atoms with E-state index in [4.69, 9.17) is 29.0 Å². The maximum atomic E-state index is 10.2. The maximum Gasteiger partial charge on any atom is 0.211 e. The van der Waals surface area contributed by atoms with Crippen LogP contribution in [0.3, 0.4) is 0 Å². The maximum absolute atomic E-state index is 10.2. The van der Waals surface area contributed by atoms with E-state index in [1.165, 1.54) is 18.4 Å². The van der Waals surface area contributed by atoms with Crippen molar-refractivity contribution in [2.24, 2.45) is 10.1 Å². The first-order valence-corrected chi connectivity index (χ1v) is 12.4. The molecule has 1 aromatic heterocycles. The highest BCUT2D eigenvalue weighted by Crippen LogP contribution is 2.36. The zero-order chi connectivity index (χ0) is 25.7. The summed E-state index contributed by atoms with van der Waals surface area (Å²) in [6.07, 6.45) is 1.67. The number of phenolic OH excluding ortho intramolecular Hbond substituents is 1. The molecule has 0 spiro atoms. The molecule has 0 radical (unpaired) electrons. The lowest BCUT2D eigenvalue weighted by Crippen LogP contribution is -2.12. The molecule has 186 valence electrons. The Hall–Kier alpha value is -3.76. The number of nitrogens with zero attached hydrogens (tertiary/aromatic N) is 3. The number of phenols is 1. The topological polar surface area (TPSA) is 86.8 Å². The lowest BCUT2D eigenvalue weighted by molar-refractivity contribution is 0.372. The first kappa shape index (κ1) is 25.3. The molecule has 0 fully saturated rings. The number of aromatic hydroxyl groups is 1. The number of aromatic nitrogens is 1. The molecule has 0 saturated heterocycles. The van der Waals surface area contributed by atoms with Crippen LogP contribution in [0.15, 0.2) is 74.5 Å². The van der Waals surface area contributed by atoms with Crippen LogP contribution in [-0.4, -0.2) is 44.4 Å². The number of ether oxygens (including phenoxy) is 4. The predicted molar refractivity (Wildman–Crippen MR) is 144 cm³/mol. The standard InChI is InChI=1S/C26H24BrN3O5S/c1-32-18-7-5-17(6-8-18)29-26-30(28-14-16-11-21(27)25(31)24(12-16)35-4)22(15-36-26)20-13-19(33-2)9-10-23(20)34-3/h5-15,31H,1-4H3. The molecule has 0 atom stereocenters. The van der Waals surface area contributed by atoms with Crippen molar-refractivity contribution in [3.63, 3.8) is 0 Å². The molecule has 4 aromatic rings. The smallest absolute Gasteiger partial charge is 0.211 e. The van der Waals surface area contributed by atoms with Crippen molar-refractivity contribution >= 4 is 39.2 Å². The van der Waals surface area contributed by atoms with Gasteiger partial charge in [0.05, 0.1) is 50.5 Å². The van der Waals surface area contributed by atoms with Crippen molar-refractivity contribution in [1.29, 1.82) is 0 Å². The van der Waals surface area contributed by atoms with Crippen LogP contribution in [-0.2, 0) is 0 Å². The Morgan fingerprint density at radius 1 is 0.861 bits per heavy atom. The van der Waals surface area contributed by atoms with Gasteiger partial charge in [0.25, 0.3) is 0 Å². The second-order valence-corrected chi connectivity index (χ2v) is 9.08. The van der Waals surface area contributed by atoms with Crippen molar-refractivity contribution in [2.45, 2.75) is 0 Å².